The fourth-order valence-corrected chi connectivity index (χ4v) is 2.08. The number of halogens is 1. The largest absolute Gasteiger partial charge is 0.305 e. The minimum atomic E-state index is 0.611. The average Bonchev–Trinajstić information content (AvgIpc) is 2.84. The summed E-state index contributed by atoms with van der Waals surface area (Å²) in [6.07, 6.45) is 3.80. The minimum absolute atomic E-state index is 0.611. The molecule has 3 aromatic rings. The van der Waals surface area contributed by atoms with Crippen LogP contribution in [0.5, 0.6) is 0 Å². The van der Waals surface area contributed by atoms with Gasteiger partial charge in [-0.25, -0.2) is 4.98 Å². The standard InChI is InChI=1S/C14H8ClN3/c15-12-5-2-6-18-9-13(17-14(12)18)11-4-1-3-10(7-11)8-16/h1-7,9H. The van der Waals surface area contributed by atoms with Crippen molar-refractivity contribution in [3.05, 3.63) is 59.4 Å². The summed E-state index contributed by atoms with van der Waals surface area (Å²) in [5.74, 6) is 0. The van der Waals surface area contributed by atoms with E-state index in [2.05, 4.69) is 11.1 Å². The second-order valence-electron chi connectivity index (χ2n) is 3.91. The maximum Gasteiger partial charge on any atom is 0.156 e. The summed E-state index contributed by atoms with van der Waals surface area (Å²) in [5, 5.41) is 9.51. The van der Waals surface area contributed by atoms with Crippen LogP contribution in [0, 0.1) is 11.3 Å². The van der Waals surface area contributed by atoms with Gasteiger partial charge in [0.15, 0.2) is 5.65 Å². The Balaban J connectivity index is 2.20. The fourth-order valence-electron chi connectivity index (χ4n) is 1.87. The first-order valence-electron chi connectivity index (χ1n) is 5.42. The van der Waals surface area contributed by atoms with Gasteiger partial charge in [-0.1, -0.05) is 23.7 Å². The molecule has 0 radical (unpaired) electrons. The van der Waals surface area contributed by atoms with Gasteiger partial charge in [-0.15, -0.1) is 0 Å². The molecular formula is C14H8ClN3. The van der Waals surface area contributed by atoms with Crippen molar-refractivity contribution in [2.75, 3.05) is 0 Å². The molecule has 3 rings (SSSR count). The third-order valence-electron chi connectivity index (χ3n) is 2.72. The number of aromatic nitrogens is 2. The van der Waals surface area contributed by atoms with Crippen molar-refractivity contribution in [1.29, 1.82) is 5.26 Å². The Kier molecular flexibility index (Phi) is 2.51. The van der Waals surface area contributed by atoms with Crippen LogP contribution in [0.1, 0.15) is 5.56 Å². The number of hydrogen-bond donors (Lipinski definition) is 0. The van der Waals surface area contributed by atoms with Crippen LogP contribution in [0.2, 0.25) is 5.02 Å². The Morgan fingerprint density at radius 3 is 2.89 bits per heavy atom. The molecule has 0 saturated carbocycles. The van der Waals surface area contributed by atoms with Crippen molar-refractivity contribution >= 4 is 17.2 Å². The molecule has 18 heavy (non-hydrogen) atoms. The van der Waals surface area contributed by atoms with Crippen LogP contribution in [0.3, 0.4) is 0 Å². The topological polar surface area (TPSA) is 41.1 Å². The van der Waals surface area contributed by atoms with Crippen LogP contribution in [-0.4, -0.2) is 9.38 Å². The zero-order valence-corrected chi connectivity index (χ0v) is 10.1. The van der Waals surface area contributed by atoms with Gasteiger partial charge in [0.1, 0.15) is 0 Å². The first kappa shape index (κ1) is 10.8. The van der Waals surface area contributed by atoms with Gasteiger partial charge in [-0.3, -0.25) is 0 Å². The van der Waals surface area contributed by atoms with E-state index in [0.717, 1.165) is 16.9 Å². The number of rotatable bonds is 1. The lowest BCUT2D eigenvalue weighted by molar-refractivity contribution is 1.19. The number of nitrogens with zero attached hydrogens (tertiary/aromatic N) is 3. The highest BCUT2D eigenvalue weighted by molar-refractivity contribution is 6.33. The summed E-state index contributed by atoms with van der Waals surface area (Å²) in [4.78, 5) is 4.48. The Morgan fingerprint density at radius 1 is 1.22 bits per heavy atom. The molecular weight excluding hydrogens is 246 g/mol. The maximum absolute atomic E-state index is 8.90. The van der Waals surface area contributed by atoms with Gasteiger partial charge >= 0.3 is 0 Å². The molecule has 2 aromatic heterocycles. The van der Waals surface area contributed by atoms with E-state index in [4.69, 9.17) is 16.9 Å². The number of nitriles is 1. The monoisotopic (exact) mass is 253 g/mol. The van der Waals surface area contributed by atoms with Crippen LogP contribution in [-0.2, 0) is 0 Å². The van der Waals surface area contributed by atoms with E-state index >= 15 is 0 Å². The lowest BCUT2D eigenvalue weighted by Gasteiger charge is -1.95. The first-order valence-corrected chi connectivity index (χ1v) is 5.79. The molecule has 0 N–H and O–H groups in total. The summed E-state index contributed by atoms with van der Waals surface area (Å²) in [6.45, 7) is 0. The minimum Gasteiger partial charge on any atom is -0.305 e. The Hall–Kier alpha value is -2.31. The molecule has 0 unspecified atom stereocenters. The van der Waals surface area contributed by atoms with Gasteiger partial charge < -0.3 is 4.40 Å². The second-order valence-corrected chi connectivity index (χ2v) is 4.31. The molecule has 3 nitrogen and oxygen atoms in total. The highest BCUT2D eigenvalue weighted by atomic mass is 35.5. The smallest absolute Gasteiger partial charge is 0.156 e. The van der Waals surface area contributed by atoms with Gasteiger partial charge in [-0.2, -0.15) is 5.26 Å². The molecule has 0 saturated heterocycles. The molecule has 0 aliphatic rings. The molecule has 0 fully saturated rings. The number of benzene rings is 1. The maximum atomic E-state index is 8.90. The van der Waals surface area contributed by atoms with E-state index in [1.54, 1.807) is 12.1 Å². The predicted octanol–water partition coefficient (Wildman–Crippen LogP) is 3.53. The van der Waals surface area contributed by atoms with Crippen molar-refractivity contribution in [1.82, 2.24) is 9.38 Å². The Labute approximate surface area is 109 Å². The molecule has 86 valence electrons. The summed E-state index contributed by atoms with van der Waals surface area (Å²) in [5.41, 5.74) is 3.06. The van der Waals surface area contributed by atoms with Crippen molar-refractivity contribution in [3.8, 4) is 17.3 Å². The van der Waals surface area contributed by atoms with E-state index in [-0.39, 0.29) is 0 Å². The van der Waals surface area contributed by atoms with Crippen molar-refractivity contribution in [2.24, 2.45) is 0 Å². The molecule has 1 aromatic carbocycles. The van der Waals surface area contributed by atoms with Crippen LogP contribution in [0.25, 0.3) is 16.9 Å². The van der Waals surface area contributed by atoms with Gasteiger partial charge in [0, 0.05) is 18.0 Å². The summed E-state index contributed by atoms with van der Waals surface area (Å²) >= 11 is 6.08. The van der Waals surface area contributed by atoms with Crippen LogP contribution < -0.4 is 0 Å². The van der Waals surface area contributed by atoms with Crippen molar-refractivity contribution < 1.29 is 0 Å². The van der Waals surface area contributed by atoms with Crippen LogP contribution in [0.15, 0.2) is 48.8 Å². The third kappa shape index (κ3) is 1.73. The lowest BCUT2D eigenvalue weighted by atomic mass is 10.1. The summed E-state index contributed by atoms with van der Waals surface area (Å²) < 4.78 is 1.87. The second kappa shape index (κ2) is 4.17. The normalized spacial score (nSPS) is 10.4. The van der Waals surface area contributed by atoms with E-state index < -0.39 is 0 Å². The molecule has 0 atom stereocenters. The van der Waals surface area contributed by atoms with Crippen LogP contribution in [0.4, 0.5) is 0 Å². The number of pyridine rings is 1. The quantitative estimate of drug-likeness (QED) is 0.666. The Bertz CT molecular complexity index is 768. The predicted molar refractivity (Wildman–Crippen MR) is 70.4 cm³/mol. The molecule has 0 amide bonds. The molecule has 0 spiro atoms. The van der Waals surface area contributed by atoms with E-state index in [1.807, 2.05) is 41.1 Å². The van der Waals surface area contributed by atoms with Crippen LogP contribution >= 0.6 is 11.6 Å². The van der Waals surface area contributed by atoms with Crippen molar-refractivity contribution in [2.45, 2.75) is 0 Å². The molecule has 0 aliphatic heterocycles. The lowest BCUT2D eigenvalue weighted by Crippen LogP contribution is -1.80. The zero-order valence-electron chi connectivity index (χ0n) is 9.34. The van der Waals surface area contributed by atoms with E-state index in [9.17, 15) is 0 Å². The molecule has 2 heterocycles. The molecule has 0 bridgehead atoms. The highest BCUT2D eigenvalue weighted by Crippen LogP contribution is 2.23. The van der Waals surface area contributed by atoms with Gasteiger partial charge in [-0.05, 0) is 24.3 Å². The SMILES string of the molecule is N#Cc1cccc(-c2cn3cccc(Cl)c3n2)c1. The third-order valence-corrected chi connectivity index (χ3v) is 3.02. The number of hydrogen-bond acceptors (Lipinski definition) is 2. The van der Waals surface area contributed by atoms with Crippen molar-refractivity contribution in [3.63, 3.8) is 0 Å². The Morgan fingerprint density at radius 2 is 2.11 bits per heavy atom. The number of fused-ring (bicyclic) bond motifs is 1. The molecule has 4 heteroatoms. The van der Waals surface area contributed by atoms with E-state index in [1.165, 1.54) is 0 Å². The number of imidazole rings is 1. The highest BCUT2D eigenvalue weighted by Gasteiger charge is 2.07. The average molecular weight is 254 g/mol. The zero-order chi connectivity index (χ0) is 12.5. The van der Waals surface area contributed by atoms with E-state index in [0.29, 0.717) is 10.6 Å². The molecule has 0 aliphatic carbocycles. The van der Waals surface area contributed by atoms with Gasteiger partial charge in [0.05, 0.1) is 22.3 Å². The summed E-state index contributed by atoms with van der Waals surface area (Å²) in [7, 11) is 0. The first-order chi connectivity index (χ1) is 8.78. The van der Waals surface area contributed by atoms with Gasteiger partial charge in [0.2, 0.25) is 0 Å². The fraction of sp³-hybridized carbons (Fsp3) is 0. The van der Waals surface area contributed by atoms with Gasteiger partial charge in [0.25, 0.3) is 0 Å². The summed E-state index contributed by atoms with van der Waals surface area (Å²) in [6, 6.07) is 13.2.